The molecule has 0 aliphatic carbocycles. The molecule has 6 aromatic carbocycles. The molecule has 11 N–H and O–H groups in total. The predicted molar refractivity (Wildman–Crippen MR) is 214 cm³/mol. The van der Waals surface area contributed by atoms with Crippen molar-refractivity contribution in [1.29, 1.82) is 0 Å². The number of anilines is 5. The van der Waals surface area contributed by atoms with Gasteiger partial charge in [-0.15, -0.1) is 20.5 Å². The molecule has 0 amide bonds. The van der Waals surface area contributed by atoms with Crippen molar-refractivity contribution in [3.63, 3.8) is 0 Å². The van der Waals surface area contributed by atoms with Gasteiger partial charge in [0.15, 0.2) is 0 Å². The fourth-order valence-corrected chi connectivity index (χ4v) is 7.18. The average molecular weight is 942 g/mol. The summed E-state index contributed by atoms with van der Waals surface area (Å²) < 4.78 is 106. The largest absolute Gasteiger partial charge is 1.00 e. The van der Waals surface area contributed by atoms with E-state index in [-0.39, 0.29) is 123 Å². The monoisotopic (exact) mass is 941 g/mol. The standard InChI is InChI=1S/C34H29N13O10S3.3Na/c35-17-1-10-25(22(36)13-17)44-40-18-2-8-21(9-3-18)43-47-33-29(60(55,56)57)12-16-11-28(59(52,53)54)32(31(39)30(16)34(33)48)46-42-20-6-4-19(5-7-20)41-45-26-15-27(58(49,50)51)24(38)14-23(26)37;;;/h1-15,48H,35-39H2,(H,49,50,51)(H,52,53,54)(H,55,56,57);;;/q;3*+1/p-3. The van der Waals surface area contributed by atoms with Crippen LogP contribution in [0.2, 0.25) is 0 Å². The van der Waals surface area contributed by atoms with E-state index in [4.69, 9.17) is 28.7 Å². The number of hydrogen-bond donors (Lipinski definition) is 6. The van der Waals surface area contributed by atoms with Gasteiger partial charge < -0.3 is 42.9 Å². The summed E-state index contributed by atoms with van der Waals surface area (Å²) in [5, 5.41) is 44.1. The molecule has 0 aliphatic heterocycles. The second-order valence-electron chi connectivity index (χ2n) is 12.3. The number of azo groups is 4. The summed E-state index contributed by atoms with van der Waals surface area (Å²) in [7, 11) is -15.6. The van der Waals surface area contributed by atoms with Crippen molar-refractivity contribution in [1.82, 2.24) is 0 Å². The van der Waals surface area contributed by atoms with Crippen LogP contribution in [0.1, 0.15) is 0 Å². The maximum Gasteiger partial charge on any atom is 1.00 e. The van der Waals surface area contributed by atoms with Gasteiger partial charge in [0.2, 0.25) is 0 Å². The Hall–Kier alpha value is -4.49. The molecular weight excluding hydrogens is 916 g/mol. The van der Waals surface area contributed by atoms with Crippen molar-refractivity contribution in [2.45, 2.75) is 14.7 Å². The molecule has 308 valence electrons. The SMILES string of the molecule is Nc1ccc(N=Nc2ccc(N=Nc3c(S(=O)(=O)O)cc4cc(S(=O)(=O)[O-])c(N=Nc5ccc(N=Nc6cc(S(=O)(=O)[O-])c(N)cc6N)cc5)c(N)c4c3[O-])cc2)c(N)c1.[Na+].[Na+].[Na+]. The van der Waals surface area contributed by atoms with E-state index in [1.54, 1.807) is 12.1 Å². The predicted octanol–water partition coefficient (Wildman–Crippen LogP) is -2.45. The van der Waals surface area contributed by atoms with E-state index in [9.17, 15) is 44.0 Å². The van der Waals surface area contributed by atoms with Crippen LogP contribution in [0.15, 0.2) is 147 Å². The Labute approximate surface area is 424 Å². The van der Waals surface area contributed by atoms with Crippen LogP contribution in [-0.4, -0.2) is 38.9 Å². The molecule has 0 saturated heterocycles. The van der Waals surface area contributed by atoms with Crippen molar-refractivity contribution in [3.8, 4) is 5.75 Å². The number of nitrogens with two attached hydrogens (primary N) is 5. The molecule has 6 aromatic rings. The van der Waals surface area contributed by atoms with Gasteiger partial charge in [-0.25, -0.2) is 16.8 Å². The van der Waals surface area contributed by atoms with E-state index in [2.05, 4.69) is 40.9 Å². The Bertz CT molecular complexity index is 3200. The topological polar surface area (TPSA) is 421 Å². The quantitative estimate of drug-likeness (QED) is 0.0340. The molecule has 0 atom stereocenters. The van der Waals surface area contributed by atoms with Gasteiger partial charge in [-0.05, 0) is 96.4 Å². The van der Waals surface area contributed by atoms with Crippen LogP contribution in [-0.2, 0) is 30.4 Å². The van der Waals surface area contributed by atoms with E-state index in [1.165, 1.54) is 54.6 Å². The maximum absolute atomic E-state index is 13.8. The molecule has 0 aromatic heterocycles. The van der Waals surface area contributed by atoms with Crippen molar-refractivity contribution in [3.05, 3.63) is 91.0 Å². The second kappa shape index (κ2) is 21.0. The molecule has 0 spiro atoms. The fourth-order valence-electron chi connectivity index (χ4n) is 5.26. The van der Waals surface area contributed by atoms with Gasteiger partial charge in [-0.3, -0.25) is 4.55 Å². The van der Waals surface area contributed by atoms with Gasteiger partial charge in [-0.1, -0.05) is 5.75 Å². The number of nitrogens with zero attached hydrogens (tertiary/aromatic N) is 8. The molecule has 29 heteroatoms. The van der Waals surface area contributed by atoms with Crippen molar-refractivity contribution < 1.29 is 133 Å². The van der Waals surface area contributed by atoms with Crippen molar-refractivity contribution >= 4 is 115 Å². The zero-order valence-corrected chi connectivity index (χ0v) is 41.4. The van der Waals surface area contributed by atoms with Gasteiger partial charge in [0.1, 0.15) is 42.2 Å². The molecule has 0 radical (unpaired) electrons. The fraction of sp³-hybridized carbons (Fsp3) is 0. The molecular formula is C34H26N13Na3O10S3. The second-order valence-corrected chi connectivity index (χ2v) is 16.4. The van der Waals surface area contributed by atoms with Gasteiger partial charge >= 0.3 is 88.7 Å². The Morgan fingerprint density at radius 1 is 0.460 bits per heavy atom. The third kappa shape index (κ3) is 12.6. The molecule has 23 nitrogen and oxygen atoms in total. The van der Waals surface area contributed by atoms with Gasteiger partial charge in [0, 0.05) is 11.1 Å². The van der Waals surface area contributed by atoms with Crippen LogP contribution in [0.4, 0.5) is 73.9 Å². The summed E-state index contributed by atoms with van der Waals surface area (Å²) in [6, 6.07) is 18.9. The minimum absolute atomic E-state index is 0. The van der Waals surface area contributed by atoms with Gasteiger partial charge in [0.05, 0.1) is 61.0 Å². The molecule has 63 heavy (non-hydrogen) atoms. The van der Waals surface area contributed by atoms with Crippen LogP contribution < -0.4 is 122 Å². The van der Waals surface area contributed by atoms with E-state index in [0.717, 1.165) is 12.1 Å². The minimum Gasteiger partial charge on any atom is -0.870 e. The molecule has 0 unspecified atom stereocenters. The zero-order chi connectivity index (χ0) is 43.7. The minimum atomic E-state index is -5.42. The smallest absolute Gasteiger partial charge is 0.870 e. The van der Waals surface area contributed by atoms with E-state index >= 15 is 0 Å². The Balaban J connectivity index is 0.00000352. The third-order valence-corrected chi connectivity index (χ3v) is 10.7. The number of fused-ring (bicyclic) bond motifs is 1. The number of rotatable bonds is 11. The summed E-state index contributed by atoms with van der Waals surface area (Å²) in [5.41, 5.74) is 27.8. The van der Waals surface area contributed by atoms with E-state index in [0.29, 0.717) is 34.9 Å². The first kappa shape index (κ1) is 52.9. The number of hydrogen-bond acceptors (Lipinski definition) is 22. The molecule has 0 aliphatic rings. The molecule has 0 fully saturated rings. The van der Waals surface area contributed by atoms with Crippen molar-refractivity contribution in [2.75, 3.05) is 28.7 Å². The van der Waals surface area contributed by atoms with Crippen LogP contribution in [0.3, 0.4) is 0 Å². The first-order chi connectivity index (χ1) is 28.1. The molecule has 0 bridgehead atoms. The molecule has 0 heterocycles. The summed E-state index contributed by atoms with van der Waals surface area (Å²) >= 11 is 0. The van der Waals surface area contributed by atoms with Gasteiger partial charge in [-0.2, -0.15) is 28.9 Å². The van der Waals surface area contributed by atoms with Gasteiger partial charge in [0.25, 0.3) is 10.1 Å². The Kier molecular flexibility index (Phi) is 17.6. The Morgan fingerprint density at radius 2 is 0.889 bits per heavy atom. The van der Waals surface area contributed by atoms with Crippen LogP contribution >= 0.6 is 0 Å². The van der Waals surface area contributed by atoms with E-state index < -0.39 is 78.6 Å². The number of benzene rings is 6. The van der Waals surface area contributed by atoms with Crippen molar-refractivity contribution in [2.24, 2.45) is 40.9 Å². The molecule has 6 rings (SSSR count). The summed E-state index contributed by atoms with van der Waals surface area (Å²) in [4.78, 5) is -2.92. The summed E-state index contributed by atoms with van der Waals surface area (Å²) in [6.07, 6.45) is 0. The first-order valence-corrected chi connectivity index (χ1v) is 20.6. The first-order valence-electron chi connectivity index (χ1n) is 16.3. The zero-order valence-electron chi connectivity index (χ0n) is 33.0. The summed E-state index contributed by atoms with van der Waals surface area (Å²) in [5.74, 6) is -1.24. The maximum atomic E-state index is 13.8. The van der Waals surface area contributed by atoms with Crippen LogP contribution in [0.25, 0.3) is 10.8 Å². The third-order valence-electron chi connectivity index (χ3n) is 8.10. The van der Waals surface area contributed by atoms with E-state index in [1.807, 2.05) is 0 Å². The van der Waals surface area contributed by atoms with Crippen LogP contribution in [0.5, 0.6) is 5.75 Å². The average Bonchev–Trinajstić information content (AvgIpc) is 3.15. The number of nitrogen functional groups attached to an aromatic ring is 5. The molecule has 0 saturated carbocycles. The Morgan fingerprint density at radius 3 is 1.35 bits per heavy atom. The normalized spacial score (nSPS) is 12.2. The van der Waals surface area contributed by atoms with Crippen LogP contribution in [0, 0.1) is 0 Å². The summed E-state index contributed by atoms with van der Waals surface area (Å²) in [6.45, 7) is 0.